The first-order chi connectivity index (χ1) is 14.6. The third kappa shape index (κ3) is 3.45. The molecule has 1 saturated heterocycles. The van der Waals surface area contributed by atoms with Crippen LogP contribution in [0.4, 0.5) is 15.8 Å². The number of amides is 2. The summed E-state index contributed by atoms with van der Waals surface area (Å²) in [6, 6.07) is 13.9. The first-order valence-electron chi connectivity index (χ1n) is 10.0. The molecule has 8 heteroatoms. The Morgan fingerprint density at radius 2 is 1.93 bits per heavy atom. The lowest BCUT2D eigenvalue weighted by atomic mass is 10.2. The van der Waals surface area contributed by atoms with Crippen LogP contribution in [-0.2, 0) is 4.79 Å². The van der Waals surface area contributed by atoms with Crippen LogP contribution >= 0.6 is 0 Å². The first-order valence-corrected chi connectivity index (χ1v) is 10.0. The smallest absolute Gasteiger partial charge is 0.295 e. The molecule has 0 unspecified atom stereocenters. The van der Waals surface area contributed by atoms with Crippen molar-refractivity contribution in [3.63, 3.8) is 0 Å². The van der Waals surface area contributed by atoms with Crippen LogP contribution in [0.3, 0.4) is 0 Å². The Kier molecular flexibility index (Phi) is 4.54. The molecule has 1 N–H and O–H groups in total. The van der Waals surface area contributed by atoms with Crippen LogP contribution in [0, 0.1) is 5.82 Å². The SMILES string of the molecule is O=C(Nc1ccc(N2CCCC2=O)c(F)c1)c1nc(C2CC2)n(-c2ccccc2)n1. The van der Waals surface area contributed by atoms with E-state index in [2.05, 4.69) is 15.4 Å². The number of hydrogen-bond donors (Lipinski definition) is 1. The highest BCUT2D eigenvalue weighted by Crippen LogP contribution is 2.39. The normalized spacial score (nSPS) is 16.2. The van der Waals surface area contributed by atoms with Crippen LogP contribution in [0.25, 0.3) is 5.69 Å². The second-order valence-corrected chi connectivity index (χ2v) is 7.58. The van der Waals surface area contributed by atoms with E-state index in [1.165, 1.54) is 17.0 Å². The van der Waals surface area contributed by atoms with E-state index in [4.69, 9.17) is 0 Å². The monoisotopic (exact) mass is 405 g/mol. The lowest BCUT2D eigenvalue weighted by Gasteiger charge is -2.17. The van der Waals surface area contributed by atoms with E-state index in [1.807, 2.05) is 30.3 Å². The van der Waals surface area contributed by atoms with Gasteiger partial charge in [-0.3, -0.25) is 9.59 Å². The summed E-state index contributed by atoms with van der Waals surface area (Å²) in [6.07, 6.45) is 3.19. The number of anilines is 2. The molecule has 2 heterocycles. The zero-order valence-corrected chi connectivity index (χ0v) is 16.2. The van der Waals surface area contributed by atoms with Crippen molar-refractivity contribution in [3.8, 4) is 5.69 Å². The molecular weight excluding hydrogens is 385 g/mol. The third-order valence-electron chi connectivity index (χ3n) is 5.35. The molecule has 30 heavy (non-hydrogen) atoms. The molecule has 7 nitrogen and oxygen atoms in total. The molecule has 1 aromatic heterocycles. The molecule has 152 valence electrons. The van der Waals surface area contributed by atoms with Gasteiger partial charge >= 0.3 is 0 Å². The van der Waals surface area contributed by atoms with E-state index in [-0.39, 0.29) is 23.1 Å². The minimum Gasteiger partial charge on any atom is -0.319 e. The summed E-state index contributed by atoms with van der Waals surface area (Å²) in [5.74, 6) is -0.0382. The second kappa shape index (κ2) is 7.37. The van der Waals surface area contributed by atoms with Gasteiger partial charge in [-0.25, -0.2) is 14.1 Å². The Labute approximate surface area is 172 Å². The van der Waals surface area contributed by atoms with Gasteiger partial charge in [0.15, 0.2) is 0 Å². The molecule has 1 aliphatic carbocycles. The number of aromatic nitrogens is 3. The molecule has 2 aromatic carbocycles. The standard InChI is InChI=1S/C22H20FN5O2/c23-17-13-15(10-11-18(17)27-12-4-7-19(27)29)24-22(30)20-25-21(14-8-9-14)28(26-20)16-5-2-1-3-6-16/h1-3,5-6,10-11,13-14H,4,7-9,12H2,(H,24,30). The van der Waals surface area contributed by atoms with Gasteiger partial charge in [0.2, 0.25) is 11.7 Å². The van der Waals surface area contributed by atoms with Gasteiger partial charge in [0.05, 0.1) is 11.4 Å². The number of halogens is 1. The fourth-order valence-corrected chi connectivity index (χ4v) is 3.68. The number of carbonyl (C=O) groups excluding carboxylic acids is 2. The highest BCUT2D eigenvalue weighted by Gasteiger charge is 2.31. The van der Waals surface area contributed by atoms with E-state index in [0.717, 1.165) is 30.8 Å². The summed E-state index contributed by atoms with van der Waals surface area (Å²) in [4.78, 5) is 30.5. The summed E-state index contributed by atoms with van der Waals surface area (Å²) in [6.45, 7) is 0.506. The molecule has 0 spiro atoms. The van der Waals surface area contributed by atoms with Crippen LogP contribution < -0.4 is 10.2 Å². The number of hydrogen-bond acceptors (Lipinski definition) is 4. The second-order valence-electron chi connectivity index (χ2n) is 7.58. The maximum absolute atomic E-state index is 14.6. The van der Waals surface area contributed by atoms with Crippen LogP contribution in [0.15, 0.2) is 48.5 Å². The van der Waals surface area contributed by atoms with E-state index in [1.54, 1.807) is 10.7 Å². The van der Waals surface area contributed by atoms with Gasteiger partial charge in [-0.15, -0.1) is 5.10 Å². The lowest BCUT2D eigenvalue weighted by molar-refractivity contribution is -0.117. The number of nitrogens with zero attached hydrogens (tertiary/aromatic N) is 4. The quantitative estimate of drug-likeness (QED) is 0.703. The molecule has 2 amide bonds. The van der Waals surface area contributed by atoms with Gasteiger partial charge in [-0.2, -0.15) is 0 Å². The van der Waals surface area contributed by atoms with Crippen molar-refractivity contribution in [2.24, 2.45) is 0 Å². The van der Waals surface area contributed by atoms with Crippen molar-refractivity contribution >= 4 is 23.2 Å². The van der Waals surface area contributed by atoms with Crippen molar-refractivity contribution in [1.29, 1.82) is 0 Å². The molecule has 1 saturated carbocycles. The predicted molar refractivity (Wildman–Crippen MR) is 109 cm³/mol. The summed E-state index contributed by atoms with van der Waals surface area (Å²) < 4.78 is 16.3. The fraction of sp³-hybridized carbons (Fsp3) is 0.273. The highest BCUT2D eigenvalue weighted by molar-refractivity contribution is 6.02. The largest absolute Gasteiger partial charge is 0.319 e. The molecule has 2 fully saturated rings. The van der Waals surface area contributed by atoms with Gasteiger partial charge < -0.3 is 10.2 Å². The topological polar surface area (TPSA) is 80.1 Å². The van der Waals surface area contributed by atoms with Gasteiger partial charge in [0, 0.05) is 24.6 Å². The lowest BCUT2D eigenvalue weighted by Crippen LogP contribution is -2.24. The van der Waals surface area contributed by atoms with Gasteiger partial charge in [-0.1, -0.05) is 18.2 Å². The molecule has 3 aromatic rings. The Hall–Kier alpha value is -3.55. The fourth-order valence-electron chi connectivity index (χ4n) is 3.68. The zero-order chi connectivity index (χ0) is 20.7. The molecule has 0 bridgehead atoms. The Bertz CT molecular complexity index is 1120. The van der Waals surface area contributed by atoms with Crippen LogP contribution in [0.2, 0.25) is 0 Å². The predicted octanol–water partition coefficient (Wildman–Crippen LogP) is 3.66. The minimum absolute atomic E-state index is 0.0416. The highest BCUT2D eigenvalue weighted by atomic mass is 19.1. The Morgan fingerprint density at radius 3 is 2.60 bits per heavy atom. The van der Waals surface area contributed by atoms with E-state index in [9.17, 15) is 14.0 Å². The van der Waals surface area contributed by atoms with Crippen LogP contribution in [0.5, 0.6) is 0 Å². The number of carbonyl (C=O) groups is 2. The summed E-state index contributed by atoms with van der Waals surface area (Å²) in [7, 11) is 0. The maximum Gasteiger partial charge on any atom is 0.295 e. The van der Waals surface area contributed by atoms with Crippen molar-refractivity contribution in [2.45, 2.75) is 31.6 Å². The van der Waals surface area contributed by atoms with Crippen molar-refractivity contribution in [2.75, 3.05) is 16.8 Å². The van der Waals surface area contributed by atoms with Gasteiger partial charge in [0.25, 0.3) is 5.91 Å². The summed E-state index contributed by atoms with van der Waals surface area (Å²) in [5, 5.41) is 7.06. The molecule has 2 aliphatic rings. The maximum atomic E-state index is 14.6. The van der Waals surface area contributed by atoms with Gasteiger partial charge in [0.1, 0.15) is 11.6 Å². The van der Waals surface area contributed by atoms with Gasteiger partial charge in [-0.05, 0) is 49.6 Å². The average Bonchev–Trinajstić information content (AvgIpc) is 3.35. The van der Waals surface area contributed by atoms with E-state index >= 15 is 0 Å². The Balaban J connectivity index is 1.38. The molecule has 1 aliphatic heterocycles. The first kappa shape index (κ1) is 18.5. The molecule has 0 atom stereocenters. The summed E-state index contributed by atoms with van der Waals surface area (Å²) in [5.41, 5.74) is 1.37. The average molecular weight is 405 g/mol. The van der Waals surface area contributed by atoms with Crippen molar-refractivity contribution in [1.82, 2.24) is 14.8 Å². The zero-order valence-electron chi connectivity index (χ0n) is 16.2. The number of benzene rings is 2. The molecule has 0 radical (unpaired) electrons. The molecule has 5 rings (SSSR count). The molecular formula is C22H20FN5O2. The third-order valence-corrected chi connectivity index (χ3v) is 5.35. The van der Waals surface area contributed by atoms with Crippen LogP contribution in [-0.4, -0.2) is 33.1 Å². The summed E-state index contributed by atoms with van der Waals surface area (Å²) >= 11 is 0. The number of rotatable bonds is 5. The Morgan fingerprint density at radius 1 is 1.13 bits per heavy atom. The van der Waals surface area contributed by atoms with E-state index in [0.29, 0.717) is 18.9 Å². The van der Waals surface area contributed by atoms with Crippen LogP contribution in [0.1, 0.15) is 48.0 Å². The van der Waals surface area contributed by atoms with E-state index < -0.39 is 11.7 Å². The van der Waals surface area contributed by atoms with Crippen molar-refractivity contribution < 1.29 is 14.0 Å². The van der Waals surface area contributed by atoms with Crippen molar-refractivity contribution in [3.05, 3.63) is 66.0 Å². The minimum atomic E-state index is -0.551. The number of nitrogens with one attached hydrogen (secondary N) is 1. The number of para-hydroxylation sites is 1.